The maximum absolute atomic E-state index is 13.1. The van der Waals surface area contributed by atoms with Crippen molar-refractivity contribution >= 4 is 12.0 Å². The molecule has 36 heavy (non-hydrogen) atoms. The number of phenolic OH excluding ortho intramolecular Hbond substituents is 1. The molecule has 2 aromatic rings. The molecule has 5 atom stereocenters. The van der Waals surface area contributed by atoms with Crippen LogP contribution in [0.3, 0.4) is 0 Å². The lowest BCUT2D eigenvalue weighted by Gasteiger charge is -2.23. The number of phenols is 1. The summed E-state index contributed by atoms with van der Waals surface area (Å²) in [7, 11) is 0. The number of benzene rings is 1. The number of carbonyl (C=O) groups excluding carboxylic acids is 1. The lowest BCUT2D eigenvalue weighted by atomic mass is 9.94. The second kappa shape index (κ2) is 10.9. The summed E-state index contributed by atoms with van der Waals surface area (Å²) in [5, 5.41) is 10.8. The van der Waals surface area contributed by atoms with Crippen molar-refractivity contribution in [2.24, 2.45) is 11.8 Å². The molecule has 2 aliphatic heterocycles. The number of imidazole rings is 1. The standard InChI is InChI=1S/C28H36N2O6/c1-18-9-10-19(2)26-24(35-28(4,5)36-26)8-6-7-21-15-22(33-14-13-30-12-11-29-17-30)16-23(31)25(21)27(32)34-20(18)3/h6-7,9-12,15-20,24,26,31H,8,13-14H2,1-5H3/b7-6+,10-9-/t18-,19?,20+,24+,26-/m1/s1. The summed E-state index contributed by atoms with van der Waals surface area (Å²) in [4.78, 5) is 17.2. The minimum absolute atomic E-state index is 0.0277. The van der Waals surface area contributed by atoms with E-state index >= 15 is 0 Å². The Kier molecular flexibility index (Phi) is 7.85. The number of rotatable bonds is 4. The summed E-state index contributed by atoms with van der Waals surface area (Å²) in [6.07, 6.45) is 13.1. The lowest BCUT2D eigenvalue weighted by Crippen LogP contribution is -2.29. The summed E-state index contributed by atoms with van der Waals surface area (Å²) in [6, 6.07) is 3.20. The number of esters is 1. The molecule has 1 N–H and O–H groups in total. The van der Waals surface area contributed by atoms with Gasteiger partial charge in [-0.05, 0) is 38.8 Å². The molecule has 1 saturated heterocycles. The molecule has 3 heterocycles. The van der Waals surface area contributed by atoms with E-state index in [1.807, 2.05) is 56.7 Å². The maximum atomic E-state index is 13.1. The van der Waals surface area contributed by atoms with E-state index in [-0.39, 0.29) is 41.5 Å². The molecular formula is C28H36N2O6. The minimum Gasteiger partial charge on any atom is -0.507 e. The zero-order valence-corrected chi connectivity index (χ0v) is 21.6. The normalized spacial score (nSPS) is 29.9. The molecule has 0 saturated carbocycles. The fourth-order valence-electron chi connectivity index (χ4n) is 4.52. The monoisotopic (exact) mass is 496 g/mol. The highest BCUT2D eigenvalue weighted by atomic mass is 16.8. The molecule has 194 valence electrons. The smallest absolute Gasteiger partial charge is 0.342 e. The number of aromatic nitrogens is 2. The Morgan fingerprint density at radius 3 is 2.69 bits per heavy atom. The van der Waals surface area contributed by atoms with Gasteiger partial charge in [-0.15, -0.1) is 0 Å². The third-order valence-electron chi connectivity index (χ3n) is 6.66. The zero-order chi connectivity index (χ0) is 25.9. The molecule has 1 aromatic carbocycles. The van der Waals surface area contributed by atoms with Gasteiger partial charge in [0.25, 0.3) is 0 Å². The lowest BCUT2D eigenvalue weighted by molar-refractivity contribution is -0.148. The first-order valence-electron chi connectivity index (χ1n) is 12.5. The minimum atomic E-state index is -0.677. The first kappa shape index (κ1) is 26.0. The van der Waals surface area contributed by atoms with Gasteiger partial charge in [-0.2, -0.15) is 0 Å². The molecule has 0 bridgehead atoms. The number of cyclic esters (lactones) is 1. The van der Waals surface area contributed by atoms with Crippen LogP contribution in [0.1, 0.15) is 57.0 Å². The van der Waals surface area contributed by atoms with Crippen molar-refractivity contribution in [2.45, 2.75) is 71.7 Å². The van der Waals surface area contributed by atoms with Gasteiger partial charge >= 0.3 is 5.97 Å². The predicted octanol–water partition coefficient (Wildman–Crippen LogP) is 4.98. The fraction of sp³-hybridized carbons (Fsp3) is 0.500. The Bertz CT molecular complexity index is 1110. The van der Waals surface area contributed by atoms with Crippen molar-refractivity contribution in [3.05, 3.63) is 60.2 Å². The van der Waals surface area contributed by atoms with Crippen LogP contribution in [0.25, 0.3) is 6.08 Å². The van der Waals surface area contributed by atoms with Crippen molar-refractivity contribution in [3.8, 4) is 11.5 Å². The van der Waals surface area contributed by atoms with Crippen LogP contribution in [0.5, 0.6) is 11.5 Å². The number of hydrogen-bond donors (Lipinski definition) is 1. The summed E-state index contributed by atoms with van der Waals surface area (Å²) >= 11 is 0. The van der Waals surface area contributed by atoms with E-state index in [1.165, 1.54) is 6.07 Å². The summed E-state index contributed by atoms with van der Waals surface area (Å²) in [5.41, 5.74) is 0.634. The van der Waals surface area contributed by atoms with Gasteiger partial charge in [0, 0.05) is 30.3 Å². The molecule has 1 unspecified atom stereocenters. The molecule has 8 heteroatoms. The number of hydrogen-bond acceptors (Lipinski definition) is 7. The average Bonchev–Trinajstić information content (AvgIpc) is 3.43. The van der Waals surface area contributed by atoms with Crippen LogP contribution in [-0.2, 0) is 20.8 Å². The van der Waals surface area contributed by atoms with Crippen LogP contribution in [-0.4, -0.2) is 51.3 Å². The molecule has 1 aromatic heterocycles. The quantitative estimate of drug-likeness (QED) is 0.471. The van der Waals surface area contributed by atoms with Gasteiger partial charge in [0.2, 0.25) is 0 Å². The molecule has 0 aliphatic carbocycles. The van der Waals surface area contributed by atoms with Crippen molar-refractivity contribution in [2.75, 3.05) is 6.61 Å². The van der Waals surface area contributed by atoms with Crippen molar-refractivity contribution in [1.82, 2.24) is 9.55 Å². The highest BCUT2D eigenvalue weighted by molar-refractivity contribution is 5.97. The van der Waals surface area contributed by atoms with Crippen LogP contribution in [0.15, 0.2) is 49.1 Å². The molecule has 0 amide bonds. The van der Waals surface area contributed by atoms with Gasteiger partial charge in [-0.1, -0.05) is 38.2 Å². The van der Waals surface area contributed by atoms with Crippen molar-refractivity contribution < 1.29 is 28.8 Å². The largest absolute Gasteiger partial charge is 0.507 e. The second-order valence-electron chi connectivity index (χ2n) is 10.0. The van der Waals surface area contributed by atoms with E-state index in [0.29, 0.717) is 30.9 Å². The predicted molar refractivity (Wildman–Crippen MR) is 136 cm³/mol. The van der Waals surface area contributed by atoms with E-state index in [2.05, 4.69) is 18.0 Å². The Hall–Kier alpha value is -3.10. The van der Waals surface area contributed by atoms with Gasteiger partial charge < -0.3 is 28.6 Å². The zero-order valence-electron chi connectivity index (χ0n) is 21.6. The van der Waals surface area contributed by atoms with Crippen molar-refractivity contribution in [1.29, 1.82) is 0 Å². The Morgan fingerprint density at radius 1 is 1.17 bits per heavy atom. The Balaban J connectivity index is 1.63. The summed E-state index contributed by atoms with van der Waals surface area (Å²) in [5.74, 6) is -0.888. The van der Waals surface area contributed by atoms with Crippen LogP contribution in [0.4, 0.5) is 0 Å². The van der Waals surface area contributed by atoms with Crippen LogP contribution < -0.4 is 4.74 Å². The van der Waals surface area contributed by atoms with Crippen LogP contribution in [0.2, 0.25) is 0 Å². The van der Waals surface area contributed by atoms with E-state index in [1.54, 1.807) is 18.6 Å². The van der Waals surface area contributed by atoms with Gasteiger partial charge in [-0.3, -0.25) is 0 Å². The molecule has 2 aliphatic rings. The van der Waals surface area contributed by atoms with Crippen LogP contribution in [0, 0.1) is 11.8 Å². The van der Waals surface area contributed by atoms with Crippen molar-refractivity contribution in [3.63, 3.8) is 0 Å². The summed E-state index contributed by atoms with van der Waals surface area (Å²) in [6.45, 7) is 10.8. The highest BCUT2D eigenvalue weighted by Crippen LogP contribution is 2.36. The molecule has 1 fully saturated rings. The SMILES string of the molecule is CC1/C=C\[C@@H](C)[C@H](C)OC(=O)c2c(O)cc(OCCn3ccnc3)cc2/C=C/C[C@@H]2OC(C)(C)O[C@H]12. The third kappa shape index (κ3) is 6.17. The summed E-state index contributed by atoms with van der Waals surface area (Å²) < 4.78 is 25.9. The topological polar surface area (TPSA) is 92.0 Å². The molecular weight excluding hydrogens is 460 g/mol. The molecule has 4 rings (SSSR count). The second-order valence-corrected chi connectivity index (χ2v) is 10.0. The van der Waals surface area contributed by atoms with Gasteiger partial charge in [0.05, 0.1) is 25.1 Å². The maximum Gasteiger partial charge on any atom is 0.342 e. The van der Waals surface area contributed by atoms with E-state index < -0.39 is 11.8 Å². The number of aromatic hydroxyl groups is 1. The fourth-order valence-corrected chi connectivity index (χ4v) is 4.52. The third-order valence-corrected chi connectivity index (χ3v) is 6.66. The van der Waals surface area contributed by atoms with E-state index in [4.69, 9.17) is 18.9 Å². The number of fused-ring (bicyclic) bond motifs is 2. The van der Waals surface area contributed by atoms with Crippen LogP contribution >= 0.6 is 0 Å². The number of nitrogens with zero attached hydrogens (tertiary/aromatic N) is 2. The average molecular weight is 497 g/mol. The first-order valence-corrected chi connectivity index (χ1v) is 12.5. The Morgan fingerprint density at radius 2 is 1.94 bits per heavy atom. The molecule has 0 radical (unpaired) electrons. The molecule has 8 nitrogen and oxygen atoms in total. The van der Waals surface area contributed by atoms with Gasteiger partial charge in [-0.25, -0.2) is 9.78 Å². The van der Waals surface area contributed by atoms with Gasteiger partial charge in [0.1, 0.15) is 29.8 Å². The van der Waals surface area contributed by atoms with E-state index in [9.17, 15) is 9.90 Å². The number of carbonyl (C=O) groups is 1. The molecule has 0 spiro atoms. The first-order chi connectivity index (χ1) is 17.1. The van der Waals surface area contributed by atoms with E-state index in [0.717, 1.165) is 0 Å². The number of ether oxygens (including phenoxy) is 4. The Labute approximate surface area is 212 Å². The van der Waals surface area contributed by atoms with Gasteiger partial charge in [0.15, 0.2) is 5.79 Å². The highest BCUT2D eigenvalue weighted by Gasteiger charge is 2.42.